The van der Waals surface area contributed by atoms with Gasteiger partial charge in [-0.1, -0.05) is 6.07 Å². The quantitative estimate of drug-likeness (QED) is 0.515. The summed E-state index contributed by atoms with van der Waals surface area (Å²) in [6, 6.07) is 7.10. The van der Waals surface area contributed by atoms with E-state index in [4.69, 9.17) is 0 Å². The topological polar surface area (TPSA) is 75.4 Å². The number of hydrogen-bond donors (Lipinski definition) is 1. The Hall–Kier alpha value is -3.95. The van der Waals surface area contributed by atoms with E-state index in [1.165, 1.54) is 18.2 Å². The minimum absolute atomic E-state index is 0.151. The number of urea groups is 1. The summed E-state index contributed by atoms with van der Waals surface area (Å²) in [5.74, 6) is -3.03. The van der Waals surface area contributed by atoms with E-state index in [0.717, 1.165) is 21.7 Å². The molecule has 0 bridgehead atoms. The smallest absolute Gasteiger partial charge is 0.312 e. The third-order valence-electron chi connectivity index (χ3n) is 5.22. The van der Waals surface area contributed by atoms with Crippen molar-refractivity contribution in [1.82, 2.24) is 24.3 Å². The Morgan fingerprint density at radius 2 is 1.97 bits per heavy atom. The van der Waals surface area contributed by atoms with Crippen LogP contribution in [0.15, 0.2) is 55.1 Å². The molecule has 0 unspecified atom stereocenters. The molecule has 2 amide bonds. The molecule has 3 aromatic heterocycles. The van der Waals surface area contributed by atoms with Crippen LogP contribution in [0.1, 0.15) is 5.56 Å². The van der Waals surface area contributed by atoms with Crippen LogP contribution in [0.2, 0.25) is 0 Å². The summed E-state index contributed by atoms with van der Waals surface area (Å²) in [7, 11) is 0. The Morgan fingerprint density at radius 3 is 2.72 bits per heavy atom. The van der Waals surface area contributed by atoms with Gasteiger partial charge in [0.2, 0.25) is 5.78 Å². The first-order valence-corrected chi connectivity index (χ1v) is 9.79. The van der Waals surface area contributed by atoms with E-state index in [0.29, 0.717) is 11.5 Å². The highest BCUT2D eigenvalue weighted by Gasteiger charge is 2.46. The average Bonchev–Trinajstić information content (AvgIpc) is 3.16. The number of amides is 2. The molecule has 5 rings (SSSR count). The summed E-state index contributed by atoms with van der Waals surface area (Å²) in [6.45, 7) is 0.675. The Balaban J connectivity index is 1.44. The lowest BCUT2D eigenvalue weighted by atomic mass is 10.1. The molecule has 0 spiro atoms. The fourth-order valence-corrected chi connectivity index (χ4v) is 3.58. The van der Waals surface area contributed by atoms with Crippen LogP contribution in [-0.2, 0) is 0 Å². The van der Waals surface area contributed by atoms with Crippen LogP contribution in [0.25, 0.3) is 28.3 Å². The van der Waals surface area contributed by atoms with Crippen molar-refractivity contribution in [3.05, 3.63) is 66.5 Å². The highest BCUT2D eigenvalue weighted by atomic mass is 19.3. The van der Waals surface area contributed by atoms with Gasteiger partial charge in [0, 0.05) is 41.6 Å². The van der Waals surface area contributed by atoms with Gasteiger partial charge in [-0.25, -0.2) is 27.9 Å². The first-order valence-electron chi connectivity index (χ1n) is 9.79. The molecule has 1 fully saturated rings. The Kier molecular flexibility index (Phi) is 4.58. The van der Waals surface area contributed by atoms with Gasteiger partial charge in [0.15, 0.2) is 0 Å². The number of aromatic nitrogens is 4. The molecule has 10 heteroatoms. The van der Waals surface area contributed by atoms with Crippen LogP contribution in [0.5, 0.6) is 0 Å². The second-order valence-electron chi connectivity index (χ2n) is 7.68. The van der Waals surface area contributed by atoms with Crippen molar-refractivity contribution in [3.8, 4) is 22.5 Å². The number of imidazole rings is 1. The summed E-state index contributed by atoms with van der Waals surface area (Å²) in [5, 5.41) is 2.52. The molecule has 0 atom stereocenters. The lowest BCUT2D eigenvalue weighted by Crippen LogP contribution is -2.59. The van der Waals surface area contributed by atoms with Crippen molar-refractivity contribution in [1.29, 1.82) is 0 Å². The molecule has 32 heavy (non-hydrogen) atoms. The van der Waals surface area contributed by atoms with Gasteiger partial charge in [-0.3, -0.25) is 9.38 Å². The third-order valence-corrected chi connectivity index (χ3v) is 5.22. The van der Waals surface area contributed by atoms with Gasteiger partial charge in [-0.2, -0.15) is 0 Å². The molecule has 0 aliphatic carbocycles. The fourth-order valence-electron chi connectivity index (χ4n) is 3.58. The van der Waals surface area contributed by atoms with Gasteiger partial charge in [-0.05, 0) is 36.8 Å². The maximum Gasteiger partial charge on any atom is 0.322 e. The van der Waals surface area contributed by atoms with Gasteiger partial charge >= 0.3 is 6.03 Å². The Labute approximate surface area is 180 Å². The number of nitrogens with zero attached hydrogens (tertiary/aromatic N) is 5. The number of hydrogen-bond acceptors (Lipinski definition) is 4. The molecule has 0 radical (unpaired) electrons. The normalized spacial score (nSPS) is 14.9. The molecule has 1 aromatic carbocycles. The number of anilines is 1. The number of benzene rings is 1. The Morgan fingerprint density at radius 1 is 1.16 bits per heavy atom. The van der Waals surface area contributed by atoms with Gasteiger partial charge in [0.1, 0.15) is 5.82 Å². The largest absolute Gasteiger partial charge is 0.322 e. The summed E-state index contributed by atoms with van der Waals surface area (Å²) in [4.78, 5) is 26.2. The van der Waals surface area contributed by atoms with E-state index in [-0.39, 0.29) is 11.3 Å². The van der Waals surface area contributed by atoms with E-state index < -0.39 is 30.9 Å². The minimum Gasteiger partial charge on any atom is -0.312 e. The summed E-state index contributed by atoms with van der Waals surface area (Å²) in [6.07, 6.45) is 6.78. The number of aryl methyl sites for hydroxylation is 1. The second-order valence-corrected chi connectivity index (χ2v) is 7.68. The second kappa shape index (κ2) is 7.33. The molecular weight excluding hydrogens is 421 g/mol. The highest BCUT2D eigenvalue weighted by molar-refractivity contribution is 5.90. The van der Waals surface area contributed by atoms with Crippen LogP contribution in [-0.4, -0.2) is 49.3 Å². The molecule has 4 aromatic rings. The molecule has 0 saturated carbocycles. The number of likely N-dealkylation sites (tertiary alicyclic amines) is 1. The summed E-state index contributed by atoms with van der Waals surface area (Å²) >= 11 is 0. The monoisotopic (exact) mass is 438 g/mol. The maximum atomic E-state index is 14.6. The van der Waals surface area contributed by atoms with Crippen molar-refractivity contribution < 1.29 is 18.0 Å². The minimum atomic E-state index is -2.86. The number of halogens is 3. The van der Waals surface area contributed by atoms with E-state index in [9.17, 15) is 18.0 Å². The predicted molar refractivity (Wildman–Crippen MR) is 112 cm³/mol. The number of carbonyl (C=O) groups excluding carboxylic acids is 1. The standard InChI is InChI=1S/C22H17F3N6O/c1-13-3-2-6-26-19(13)14-8-27-20-29-18(10-30(20)9-14)16-7-15(4-5-17(16)23)28-21(32)31-11-22(24,25)12-31/h2-10H,11-12H2,1H3,(H,28,32). The number of alkyl halides is 2. The van der Waals surface area contributed by atoms with Crippen molar-refractivity contribution in [2.45, 2.75) is 12.8 Å². The van der Waals surface area contributed by atoms with Crippen LogP contribution >= 0.6 is 0 Å². The molecule has 1 N–H and O–H groups in total. The Bertz CT molecular complexity index is 1340. The third kappa shape index (κ3) is 3.64. The summed E-state index contributed by atoms with van der Waals surface area (Å²) < 4.78 is 42.2. The van der Waals surface area contributed by atoms with Crippen molar-refractivity contribution in [2.75, 3.05) is 18.4 Å². The van der Waals surface area contributed by atoms with Crippen LogP contribution in [0, 0.1) is 12.7 Å². The molecule has 1 aliphatic rings. The van der Waals surface area contributed by atoms with Gasteiger partial charge in [0.25, 0.3) is 5.92 Å². The lowest BCUT2D eigenvalue weighted by molar-refractivity contribution is -0.107. The maximum absolute atomic E-state index is 14.6. The molecule has 4 heterocycles. The highest BCUT2D eigenvalue weighted by Crippen LogP contribution is 2.29. The number of nitrogens with one attached hydrogen (secondary N) is 1. The zero-order chi connectivity index (χ0) is 22.5. The first-order chi connectivity index (χ1) is 15.3. The van der Waals surface area contributed by atoms with Gasteiger partial charge in [-0.15, -0.1) is 0 Å². The van der Waals surface area contributed by atoms with Gasteiger partial charge < -0.3 is 10.2 Å². The van der Waals surface area contributed by atoms with Crippen molar-refractivity contribution in [3.63, 3.8) is 0 Å². The molecule has 162 valence electrons. The predicted octanol–water partition coefficient (Wildman–Crippen LogP) is 4.39. The zero-order valence-corrected chi connectivity index (χ0v) is 16.9. The van der Waals surface area contributed by atoms with E-state index in [1.807, 2.05) is 25.3 Å². The van der Waals surface area contributed by atoms with Crippen LogP contribution < -0.4 is 5.32 Å². The van der Waals surface area contributed by atoms with Crippen molar-refractivity contribution >= 4 is 17.5 Å². The average molecular weight is 438 g/mol. The van der Waals surface area contributed by atoms with E-state index in [2.05, 4.69) is 20.3 Å². The van der Waals surface area contributed by atoms with E-state index >= 15 is 0 Å². The number of rotatable bonds is 3. The van der Waals surface area contributed by atoms with E-state index in [1.54, 1.807) is 23.0 Å². The summed E-state index contributed by atoms with van der Waals surface area (Å²) in [5.41, 5.74) is 3.30. The van der Waals surface area contributed by atoms with Crippen LogP contribution in [0.4, 0.5) is 23.7 Å². The molecular formula is C22H17F3N6O. The van der Waals surface area contributed by atoms with Gasteiger partial charge in [0.05, 0.1) is 24.5 Å². The SMILES string of the molecule is Cc1cccnc1-c1cnc2nc(-c3cc(NC(=O)N4CC(F)(F)C4)ccc3F)cn2c1. The molecule has 7 nitrogen and oxygen atoms in total. The number of pyridine rings is 1. The molecule has 1 aliphatic heterocycles. The first kappa shape index (κ1) is 20.0. The van der Waals surface area contributed by atoms with Crippen molar-refractivity contribution in [2.24, 2.45) is 0 Å². The molecule has 1 saturated heterocycles. The van der Waals surface area contributed by atoms with Crippen LogP contribution in [0.3, 0.4) is 0 Å². The number of carbonyl (C=O) groups is 1. The lowest BCUT2D eigenvalue weighted by Gasteiger charge is -2.38. The zero-order valence-electron chi connectivity index (χ0n) is 16.9. The fraction of sp³-hybridized carbons (Fsp3) is 0.182. The number of fused-ring (bicyclic) bond motifs is 1.